The third-order valence-electron chi connectivity index (χ3n) is 1.81. The summed E-state index contributed by atoms with van der Waals surface area (Å²) in [6, 6.07) is 2.77. The van der Waals surface area contributed by atoms with Gasteiger partial charge in [-0.05, 0) is 18.6 Å². The molecule has 3 nitrogen and oxygen atoms in total. The van der Waals surface area contributed by atoms with Crippen molar-refractivity contribution in [3.63, 3.8) is 0 Å². The Morgan fingerprint density at radius 1 is 1.54 bits per heavy atom. The van der Waals surface area contributed by atoms with Crippen molar-refractivity contribution in [2.75, 3.05) is 0 Å². The number of carboxylic acid groups (broad SMARTS) is 1. The first-order valence-electron chi connectivity index (χ1n) is 3.81. The normalized spacial score (nSPS) is 10.0. The van der Waals surface area contributed by atoms with Crippen LogP contribution in [-0.4, -0.2) is 16.2 Å². The fraction of sp³-hybridized carbons (Fsp3) is 0.222. The Morgan fingerprint density at radius 2 is 2.15 bits per heavy atom. The number of benzene rings is 1. The molecule has 0 spiro atoms. The molecule has 0 unspecified atom stereocenters. The van der Waals surface area contributed by atoms with Gasteiger partial charge in [0.05, 0.1) is 0 Å². The molecule has 0 aromatic heterocycles. The van der Waals surface area contributed by atoms with Crippen molar-refractivity contribution in [1.82, 2.24) is 0 Å². The summed E-state index contributed by atoms with van der Waals surface area (Å²) >= 11 is 5.75. The van der Waals surface area contributed by atoms with E-state index in [9.17, 15) is 9.90 Å². The summed E-state index contributed by atoms with van der Waals surface area (Å²) in [7, 11) is 0. The number of phenols is 1. The van der Waals surface area contributed by atoms with Crippen LogP contribution in [0, 0.1) is 0 Å². The standard InChI is InChI=1S/C9H9ClO3/c1-2-5-7(10)4-3-6(8(5)11)9(12)13/h3-4,11H,2H2,1H3,(H,12,13). The van der Waals surface area contributed by atoms with E-state index in [1.165, 1.54) is 12.1 Å². The van der Waals surface area contributed by atoms with Crippen LogP contribution in [0.5, 0.6) is 5.75 Å². The second-order valence-electron chi connectivity index (χ2n) is 2.58. The summed E-state index contributed by atoms with van der Waals surface area (Å²) in [5, 5.41) is 18.5. The van der Waals surface area contributed by atoms with Crippen LogP contribution in [0.2, 0.25) is 5.02 Å². The Bertz CT molecular complexity index is 347. The number of aromatic carboxylic acids is 1. The molecule has 4 heteroatoms. The lowest BCUT2D eigenvalue weighted by Crippen LogP contribution is -1.99. The van der Waals surface area contributed by atoms with Crippen molar-refractivity contribution >= 4 is 17.6 Å². The molecule has 0 amide bonds. The lowest BCUT2D eigenvalue weighted by molar-refractivity contribution is 0.0693. The van der Waals surface area contributed by atoms with Crippen molar-refractivity contribution in [2.45, 2.75) is 13.3 Å². The number of carboxylic acids is 1. The molecule has 0 bridgehead atoms. The first-order chi connectivity index (χ1) is 6.07. The minimum absolute atomic E-state index is 0.110. The number of aromatic hydroxyl groups is 1. The van der Waals surface area contributed by atoms with E-state index >= 15 is 0 Å². The van der Waals surface area contributed by atoms with E-state index in [0.29, 0.717) is 17.0 Å². The highest BCUT2D eigenvalue weighted by Gasteiger charge is 2.14. The fourth-order valence-corrected chi connectivity index (χ4v) is 1.41. The van der Waals surface area contributed by atoms with Gasteiger partial charge in [0.15, 0.2) is 0 Å². The van der Waals surface area contributed by atoms with Crippen molar-refractivity contribution < 1.29 is 15.0 Å². The molecule has 0 radical (unpaired) electrons. The van der Waals surface area contributed by atoms with Crippen LogP contribution in [0.4, 0.5) is 0 Å². The number of rotatable bonds is 2. The number of halogens is 1. The predicted octanol–water partition coefficient (Wildman–Crippen LogP) is 2.31. The second kappa shape index (κ2) is 3.66. The summed E-state index contributed by atoms with van der Waals surface area (Å²) in [5.41, 5.74) is 0.364. The van der Waals surface area contributed by atoms with Crippen LogP contribution >= 0.6 is 11.6 Å². The van der Waals surface area contributed by atoms with Crippen LogP contribution in [0.3, 0.4) is 0 Å². The van der Waals surface area contributed by atoms with E-state index in [-0.39, 0.29) is 11.3 Å². The summed E-state index contributed by atoms with van der Waals surface area (Å²) in [6.45, 7) is 1.80. The molecule has 70 valence electrons. The zero-order valence-corrected chi connectivity index (χ0v) is 7.80. The van der Waals surface area contributed by atoms with Crippen molar-refractivity contribution in [3.05, 3.63) is 28.3 Å². The lowest BCUT2D eigenvalue weighted by Gasteiger charge is -2.06. The molecule has 0 atom stereocenters. The van der Waals surface area contributed by atoms with Gasteiger partial charge in [0.2, 0.25) is 0 Å². The maximum Gasteiger partial charge on any atom is 0.339 e. The largest absolute Gasteiger partial charge is 0.507 e. The molecule has 13 heavy (non-hydrogen) atoms. The van der Waals surface area contributed by atoms with Crippen LogP contribution in [0.1, 0.15) is 22.8 Å². The first-order valence-corrected chi connectivity index (χ1v) is 4.19. The molecule has 0 heterocycles. The van der Waals surface area contributed by atoms with E-state index in [2.05, 4.69) is 0 Å². The zero-order valence-electron chi connectivity index (χ0n) is 7.04. The first kappa shape index (κ1) is 9.86. The van der Waals surface area contributed by atoms with Crippen LogP contribution in [-0.2, 0) is 6.42 Å². The summed E-state index contributed by atoms with van der Waals surface area (Å²) in [6.07, 6.45) is 0.506. The molecule has 0 aliphatic heterocycles. The smallest absolute Gasteiger partial charge is 0.339 e. The Hall–Kier alpha value is -1.22. The molecule has 0 fully saturated rings. The van der Waals surface area contributed by atoms with Gasteiger partial charge in [0, 0.05) is 10.6 Å². The average Bonchev–Trinajstić information content (AvgIpc) is 2.04. The van der Waals surface area contributed by atoms with Crippen LogP contribution in [0.15, 0.2) is 12.1 Å². The Balaban J connectivity index is 3.35. The maximum absolute atomic E-state index is 10.6. The van der Waals surface area contributed by atoms with E-state index < -0.39 is 5.97 Å². The third-order valence-corrected chi connectivity index (χ3v) is 2.16. The lowest BCUT2D eigenvalue weighted by atomic mass is 10.1. The Morgan fingerprint density at radius 3 is 2.62 bits per heavy atom. The molecule has 1 aromatic rings. The molecular weight excluding hydrogens is 192 g/mol. The predicted molar refractivity (Wildman–Crippen MR) is 49.5 cm³/mol. The fourth-order valence-electron chi connectivity index (χ4n) is 1.12. The Kier molecular flexibility index (Phi) is 2.78. The highest BCUT2D eigenvalue weighted by atomic mass is 35.5. The van der Waals surface area contributed by atoms with Gasteiger partial charge >= 0.3 is 5.97 Å². The van der Waals surface area contributed by atoms with Gasteiger partial charge in [-0.3, -0.25) is 0 Å². The van der Waals surface area contributed by atoms with Gasteiger partial charge in [-0.15, -0.1) is 0 Å². The summed E-state index contributed by atoms with van der Waals surface area (Å²) in [5.74, 6) is -1.38. The van der Waals surface area contributed by atoms with Gasteiger partial charge in [0.1, 0.15) is 11.3 Å². The van der Waals surface area contributed by atoms with Gasteiger partial charge in [-0.25, -0.2) is 4.79 Å². The van der Waals surface area contributed by atoms with E-state index in [4.69, 9.17) is 16.7 Å². The quantitative estimate of drug-likeness (QED) is 0.770. The third kappa shape index (κ3) is 1.75. The molecule has 0 saturated heterocycles. The van der Waals surface area contributed by atoms with E-state index in [1.54, 1.807) is 6.92 Å². The molecule has 1 rings (SSSR count). The Labute approximate surface area is 80.6 Å². The van der Waals surface area contributed by atoms with Crippen LogP contribution in [0.25, 0.3) is 0 Å². The van der Waals surface area contributed by atoms with Gasteiger partial charge in [-0.2, -0.15) is 0 Å². The molecule has 1 aromatic carbocycles. The molecular formula is C9H9ClO3. The van der Waals surface area contributed by atoms with Gasteiger partial charge in [-0.1, -0.05) is 18.5 Å². The van der Waals surface area contributed by atoms with E-state index in [0.717, 1.165) is 0 Å². The molecule has 0 aliphatic carbocycles. The minimum atomic E-state index is -1.15. The number of carbonyl (C=O) groups is 1. The summed E-state index contributed by atoms with van der Waals surface area (Å²) in [4.78, 5) is 10.6. The van der Waals surface area contributed by atoms with Gasteiger partial charge in [0.25, 0.3) is 0 Å². The zero-order chi connectivity index (χ0) is 10.0. The molecule has 0 saturated carbocycles. The highest BCUT2D eigenvalue weighted by molar-refractivity contribution is 6.31. The number of hydrogen-bond donors (Lipinski definition) is 2. The molecule has 2 N–H and O–H groups in total. The van der Waals surface area contributed by atoms with Gasteiger partial charge < -0.3 is 10.2 Å². The molecule has 0 aliphatic rings. The topological polar surface area (TPSA) is 57.5 Å². The van der Waals surface area contributed by atoms with Crippen LogP contribution < -0.4 is 0 Å². The van der Waals surface area contributed by atoms with E-state index in [1.807, 2.05) is 0 Å². The van der Waals surface area contributed by atoms with Crippen molar-refractivity contribution in [3.8, 4) is 5.75 Å². The maximum atomic E-state index is 10.6. The van der Waals surface area contributed by atoms with Crippen molar-refractivity contribution in [1.29, 1.82) is 0 Å². The minimum Gasteiger partial charge on any atom is -0.507 e. The average molecular weight is 201 g/mol. The summed E-state index contributed by atoms with van der Waals surface area (Å²) < 4.78 is 0. The monoisotopic (exact) mass is 200 g/mol. The van der Waals surface area contributed by atoms with Crippen molar-refractivity contribution in [2.24, 2.45) is 0 Å². The highest BCUT2D eigenvalue weighted by Crippen LogP contribution is 2.29. The SMILES string of the molecule is CCc1c(Cl)ccc(C(=O)O)c1O. The second-order valence-corrected chi connectivity index (χ2v) is 2.99. The number of hydrogen-bond acceptors (Lipinski definition) is 2.